The lowest BCUT2D eigenvalue weighted by Crippen LogP contribution is -2.39. The van der Waals surface area contributed by atoms with Gasteiger partial charge in [-0.2, -0.15) is 0 Å². The molecule has 0 aliphatic carbocycles. The molecule has 0 N–H and O–H groups in total. The molecule has 22 heavy (non-hydrogen) atoms. The third-order valence-corrected chi connectivity index (χ3v) is 5.07. The van der Waals surface area contributed by atoms with Crippen LogP contribution in [-0.4, -0.2) is 17.4 Å². The number of carbonyl (C=O) groups excluding carboxylic acids is 1. The molecule has 0 spiro atoms. The van der Waals surface area contributed by atoms with Gasteiger partial charge in [0.25, 0.3) is 0 Å². The Morgan fingerprint density at radius 2 is 1.95 bits per heavy atom. The highest BCUT2D eigenvalue weighted by Gasteiger charge is 2.25. The van der Waals surface area contributed by atoms with E-state index in [0.717, 1.165) is 30.4 Å². The third kappa shape index (κ3) is 3.25. The van der Waals surface area contributed by atoms with Crippen molar-refractivity contribution >= 4 is 21.8 Å². The van der Waals surface area contributed by atoms with E-state index in [-0.39, 0.29) is 11.8 Å². The fourth-order valence-electron chi connectivity index (χ4n) is 3.12. The van der Waals surface area contributed by atoms with Gasteiger partial charge < -0.3 is 4.90 Å². The number of benzene rings is 2. The molecule has 0 saturated heterocycles. The van der Waals surface area contributed by atoms with E-state index in [1.807, 2.05) is 36.1 Å². The molecule has 0 aromatic heterocycles. The van der Waals surface area contributed by atoms with Crippen LogP contribution in [0.15, 0.2) is 53.0 Å². The number of hydrogen-bond acceptors (Lipinski definition) is 1. The summed E-state index contributed by atoms with van der Waals surface area (Å²) >= 11 is 3.61. The monoisotopic (exact) mass is 357 g/mol. The zero-order chi connectivity index (χ0) is 15.5. The summed E-state index contributed by atoms with van der Waals surface area (Å²) in [6.45, 7) is 3.58. The van der Waals surface area contributed by atoms with Crippen LogP contribution in [0.1, 0.15) is 23.6 Å². The molecule has 0 saturated carbocycles. The Labute approximate surface area is 140 Å². The van der Waals surface area contributed by atoms with Crippen molar-refractivity contribution in [1.29, 1.82) is 0 Å². The van der Waals surface area contributed by atoms with Crippen LogP contribution in [-0.2, 0) is 24.2 Å². The van der Waals surface area contributed by atoms with Gasteiger partial charge in [0.2, 0.25) is 5.91 Å². The van der Waals surface area contributed by atoms with Gasteiger partial charge >= 0.3 is 0 Å². The molecule has 3 heteroatoms. The van der Waals surface area contributed by atoms with Crippen molar-refractivity contribution in [2.45, 2.75) is 26.3 Å². The van der Waals surface area contributed by atoms with Gasteiger partial charge in [-0.3, -0.25) is 4.79 Å². The van der Waals surface area contributed by atoms with Crippen molar-refractivity contribution in [3.63, 3.8) is 0 Å². The number of rotatable bonds is 3. The zero-order valence-electron chi connectivity index (χ0n) is 12.8. The smallest absolute Gasteiger partial charge is 0.226 e. The van der Waals surface area contributed by atoms with E-state index in [9.17, 15) is 4.79 Å². The average molecular weight is 358 g/mol. The average Bonchev–Trinajstić information content (AvgIpc) is 2.55. The molecule has 0 radical (unpaired) electrons. The van der Waals surface area contributed by atoms with Crippen molar-refractivity contribution in [3.05, 3.63) is 69.7 Å². The molecule has 1 heterocycles. The third-order valence-electron chi connectivity index (χ3n) is 4.33. The van der Waals surface area contributed by atoms with E-state index in [0.29, 0.717) is 0 Å². The lowest BCUT2D eigenvalue weighted by atomic mass is 9.96. The van der Waals surface area contributed by atoms with Gasteiger partial charge in [-0.15, -0.1) is 0 Å². The normalized spacial score (nSPS) is 15.3. The molecule has 0 bridgehead atoms. The molecule has 1 aliphatic heterocycles. The second-order valence-corrected chi connectivity index (χ2v) is 6.83. The number of hydrogen-bond donors (Lipinski definition) is 0. The summed E-state index contributed by atoms with van der Waals surface area (Å²) in [6.07, 6.45) is 1.74. The van der Waals surface area contributed by atoms with Gasteiger partial charge in [0.15, 0.2) is 0 Å². The highest BCUT2D eigenvalue weighted by molar-refractivity contribution is 9.10. The van der Waals surface area contributed by atoms with Gasteiger partial charge in [-0.05, 0) is 35.6 Å². The largest absolute Gasteiger partial charge is 0.338 e. The Morgan fingerprint density at radius 3 is 2.73 bits per heavy atom. The van der Waals surface area contributed by atoms with Crippen molar-refractivity contribution in [2.75, 3.05) is 6.54 Å². The van der Waals surface area contributed by atoms with E-state index in [1.54, 1.807) is 0 Å². The number of amides is 1. The molecule has 1 atom stereocenters. The van der Waals surface area contributed by atoms with Gasteiger partial charge in [-0.25, -0.2) is 0 Å². The molecule has 0 unspecified atom stereocenters. The molecule has 114 valence electrons. The SMILES string of the molecule is C[C@H](Cc1ccccc1)C(=O)N1CCc2c(Br)cccc2C1. The fourth-order valence-corrected chi connectivity index (χ4v) is 3.72. The molecule has 1 amide bonds. The van der Waals surface area contributed by atoms with Crippen molar-refractivity contribution < 1.29 is 4.79 Å². The van der Waals surface area contributed by atoms with Crippen LogP contribution < -0.4 is 0 Å². The summed E-state index contributed by atoms with van der Waals surface area (Å²) in [5.41, 5.74) is 3.84. The molecule has 2 nitrogen and oxygen atoms in total. The van der Waals surface area contributed by atoms with Crippen LogP contribution in [0.25, 0.3) is 0 Å². The molecule has 1 aliphatic rings. The minimum Gasteiger partial charge on any atom is -0.338 e. The summed E-state index contributed by atoms with van der Waals surface area (Å²) in [6, 6.07) is 16.5. The Bertz CT molecular complexity index is 668. The number of carbonyl (C=O) groups is 1. The molecule has 0 fully saturated rings. The highest BCUT2D eigenvalue weighted by Crippen LogP contribution is 2.27. The maximum absolute atomic E-state index is 12.7. The summed E-state index contributed by atoms with van der Waals surface area (Å²) in [4.78, 5) is 14.7. The minimum absolute atomic E-state index is 0.0242. The first-order chi connectivity index (χ1) is 10.6. The van der Waals surface area contributed by atoms with Crippen molar-refractivity contribution in [2.24, 2.45) is 5.92 Å². The maximum atomic E-state index is 12.7. The van der Waals surface area contributed by atoms with Crippen molar-refractivity contribution in [3.8, 4) is 0 Å². The topological polar surface area (TPSA) is 20.3 Å². The number of fused-ring (bicyclic) bond motifs is 1. The Kier molecular flexibility index (Phi) is 4.63. The van der Waals surface area contributed by atoms with Crippen LogP contribution in [0.5, 0.6) is 0 Å². The van der Waals surface area contributed by atoms with E-state index in [4.69, 9.17) is 0 Å². The second-order valence-electron chi connectivity index (χ2n) is 5.98. The van der Waals surface area contributed by atoms with E-state index in [2.05, 4.69) is 40.2 Å². The highest BCUT2D eigenvalue weighted by atomic mass is 79.9. The molecule has 3 rings (SSSR count). The molecular formula is C19H20BrNO. The fraction of sp³-hybridized carbons (Fsp3) is 0.316. The first-order valence-corrected chi connectivity index (χ1v) is 8.53. The molecule has 2 aromatic carbocycles. The van der Waals surface area contributed by atoms with Gasteiger partial charge in [0, 0.05) is 23.5 Å². The Hall–Kier alpha value is -1.61. The summed E-state index contributed by atoms with van der Waals surface area (Å²) in [5.74, 6) is 0.283. The minimum atomic E-state index is 0.0242. The van der Waals surface area contributed by atoms with Crippen LogP contribution >= 0.6 is 15.9 Å². The van der Waals surface area contributed by atoms with E-state index >= 15 is 0 Å². The van der Waals surface area contributed by atoms with Crippen LogP contribution in [0.2, 0.25) is 0 Å². The first kappa shape index (κ1) is 15.3. The standard InChI is InChI=1S/C19H20BrNO/c1-14(12-15-6-3-2-4-7-15)19(22)21-11-10-17-16(13-21)8-5-9-18(17)20/h2-9,14H,10-13H2,1H3/t14-/m1/s1. The van der Waals surface area contributed by atoms with E-state index in [1.165, 1.54) is 16.7 Å². The summed E-state index contributed by atoms with van der Waals surface area (Å²) in [5, 5.41) is 0. The lowest BCUT2D eigenvalue weighted by Gasteiger charge is -2.31. The first-order valence-electron chi connectivity index (χ1n) is 7.74. The predicted molar refractivity (Wildman–Crippen MR) is 92.6 cm³/mol. The van der Waals surface area contributed by atoms with Gasteiger partial charge in [-0.1, -0.05) is 65.3 Å². The summed E-state index contributed by atoms with van der Waals surface area (Å²) in [7, 11) is 0. The summed E-state index contributed by atoms with van der Waals surface area (Å²) < 4.78 is 1.16. The van der Waals surface area contributed by atoms with E-state index < -0.39 is 0 Å². The Balaban J connectivity index is 1.68. The lowest BCUT2D eigenvalue weighted by molar-refractivity contribution is -0.135. The Morgan fingerprint density at radius 1 is 1.18 bits per heavy atom. The van der Waals surface area contributed by atoms with Crippen LogP contribution in [0.4, 0.5) is 0 Å². The zero-order valence-corrected chi connectivity index (χ0v) is 14.3. The maximum Gasteiger partial charge on any atom is 0.226 e. The van der Waals surface area contributed by atoms with Gasteiger partial charge in [0.1, 0.15) is 0 Å². The quantitative estimate of drug-likeness (QED) is 0.805. The second kappa shape index (κ2) is 6.66. The molecule has 2 aromatic rings. The molecular weight excluding hydrogens is 338 g/mol. The van der Waals surface area contributed by atoms with Crippen molar-refractivity contribution in [1.82, 2.24) is 4.90 Å². The van der Waals surface area contributed by atoms with Crippen LogP contribution in [0.3, 0.4) is 0 Å². The van der Waals surface area contributed by atoms with Gasteiger partial charge in [0.05, 0.1) is 0 Å². The predicted octanol–water partition coefficient (Wildman–Crippen LogP) is 4.21. The number of nitrogens with zero attached hydrogens (tertiary/aromatic N) is 1. The number of halogens is 1. The van der Waals surface area contributed by atoms with Crippen LogP contribution in [0, 0.1) is 5.92 Å².